The molecule has 0 bridgehead atoms. The average Bonchev–Trinajstić information content (AvgIpc) is 2.97. The fourth-order valence-corrected chi connectivity index (χ4v) is 4.69. The van der Waals surface area contributed by atoms with Crippen molar-refractivity contribution in [3.05, 3.63) is 48.0 Å². The van der Waals surface area contributed by atoms with E-state index in [-0.39, 0.29) is 30.1 Å². The lowest BCUT2D eigenvalue weighted by Gasteiger charge is -2.26. The van der Waals surface area contributed by atoms with Crippen molar-refractivity contribution < 1.29 is 28.8 Å². The predicted octanol–water partition coefficient (Wildman–Crippen LogP) is 3.09. The Hall–Kier alpha value is -4.02. The van der Waals surface area contributed by atoms with Gasteiger partial charge in [0.15, 0.2) is 0 Å². The number of primary amides is 1. The molecule has 0 aliphatic rings. The maximum atomic E-state index is 13.4. The number of Topliss-reactive ketones (excluding diaryl/α,β-unsaturated/α-hetero) is 1. The molecule has 1 aromatic rings. The monoisotopic (exact) mass is 627 g/mol. The van der Waals surface area contributed by atoms with Crippen LogP contribution in [-0.2, 0) is 28.8 Å². The van der Waals surface area contributed by atoms with Crippen molar-refractivity contribution in [1.29, 1.82) is 0 Å². The molecule has 250 valence electrons. The van der Waals surface area contributed by atoms with Crippen LogP contribution in [0, 0.1) is 23.7 Å². The molecule has 0 heterocycles. The molecule has 1 rings (SSSR count). The molecular formula is C34H53N5O6. The maximum absolute atomic E-state index is 13.4. The van der Waals surface area contributed by atoms with Gasteiger partial charge in [0.2, 0.25) is 29.4 Å². The first-order chi connectivity index (χ1) is 21.2. The number of allylic oxidation sites excluding steroid dienone is 2. The summed E-state index contributed by atoms with van der Waals surface area (Å²) in [4.78, 5) is 76.9. The first-order valence-corrected chi connectivity index (χ1v) is 15.9. The van der Waals surface area contributed by atoms with E-state index < -0.39 is 54.1 Å². The fraction of sp³-hybridized carbons (Fsp3) is 0.588. The van der Waals surface area contributed by atoms with Gasteiger partial charge in [0, 0.05) is 5.92 Å². The van der Waals surface area contributed by atoms with Crippen LogP contribution >= 0.6 is 0 Å². The Morgan fingerprint density at radius 2 is 1.38 bits per heavy atom. The lowest BCUT2D eigenvalue weighted by Crippen LogP contribution is -2.55. The first-order valence-electron chi connectivity index (χ1n) is 15.9. The van der Waals surface area contributed by atoms with Crippen molar-refractivity contribution in [1.82, 2.24) is 21.3 Å². The smallest absolute Gasteiger partial charge is 0.290 e. The minimum atomic E-state index is -1.15. The molecule has 0 saturated heterocycles. The van der Waals surface area contributed by atoms with Gasteiger partial charge < -0.3 is 27.0 Å². The highest BCUT2D eigenvalue weighted by molar-refractivity contribution is 6.38. The van der Waals surface area contributed by atoms with E-state index in [4.69, 9.17) is 5.73 Å². The van der Waals surface area contributed by atoms with E-state index >= 15 is 0 Å². The SMILES string of the molecule is CCCC(NC(=O)[C@H](CC(C)C)NC(=O)C(CC=CCC(C)C)C(C)C)C(=O)C(=O)NCC(=O)N[C@H](C(N)=O)c1ccccc1. The number of ketones is 1. The van der Waals surface area contributed by atoms with Crippen LogP contribution in [-0.4, -0.2) is 53.9 Å². The summed E-state index contributed by atoms with van der Waals surface area (Å²) in [5.74, 6) is -4.01. The molecule has 0 aromatic heterocycles. The van der Waals surface area contributed by atoms with Crippen LogP contribution < -0.4 is 27.0 Å². The second-order valence-electron chi connectivity index (χ2n) is 12.6. The molecule has 0 aliphatic carbocycles. The van der Waals surface area contributed by atoms with Gasteiger partial charge in [0.25, 0.3) is 5.91 Å². The standard InChI is InChI=1S/C34H53N5O6/c1-8-14-26(30(41)34(45)36-20-28(40)39-29(31(35)42)24-16-10-9-11-17-24)37-33(44)27(19-22(4)5)38-32(43)25(23(6)7)18-13-12-15-21(2)3/h9-13,16-17,21-23,25-27,29H,8,14-15,18-20H2,1-7H3,(H2,35,42)(H,36,45)(H,37,44)(H,38,43)(H,39,40)/t25?,26?,27-,29-/m0/s1. The topological polar surface area (TPSA) is 177 Å². The third-order valence-corrected chi connectivity index (χ3v) is 7.21. The Labute approximate surface area is 267 Å². The van der Waals surface area contributed by atoms with Crippen LogP contribution in [0.4, 0.5) is 0 Å². The van der Waals surface area contributed by atoms with Crippen LogP contribution in [0.1, 0.15) is 92.2 Å². The Bertz CT molecular complexity index is 1160. The highest BCUT2D eigenvalue weighted by atomic mass is 16.2. The number of rotatable bonds is 20. The fourth-order valence-electron chi connectivity index (χ4n) is 4.69. The molecule has 0 spiro atoms. The quantitative estimate of drug-likeness (QED) is 0.110. The number of carbonyl (C=O) groups excluding carboxylic acids is 6. The second kappa shape index (κ2) is 20.1. The van der Waals surface area contributed by atoms with Crippen LogP contribution in [0.5, 0.6) is 0 Å². The number of amides is 5. The Kier molecular flexibility index (Phi) is 17.4. The summed E-state index contributed by atoms with van der Waals surface area (Å²) < 4.78 is 0. The zero-order valence-electron chi connectivity index (χ0n) is 27.9. The molecule has 11 nitrogen and oxygen atoms in total. The van der Waals surface area contributed by atoms with Gasteiger partial charge in [-0.15, -0.1) is 0 Å². The van der Waals surface area contributed by atoms with Crippen molar-refractivity contribution in [2.75, 3.05) is 6.54 Å². The maximum Gasteiger partial charge on any atom is 0.290 e. The van der Waals surface area contributed by atoms with Crippen molar-refractivity contribution in [3.8, 4) is 0 Å². The molecule has 2 unspecified atom stereocenters. The van der Waals surface area contributed by atoms with Crippen LogP contribution in [0.25, 0.3) is 0 Å². The summed E-state index contributed by atoms with van der Waals surface area (Å²) in [7, 11) is 0. The van der Waals surface area contributed by atoms with Crippen LogP contribution in [0.2, 0.25) is 0 Å². The van der Waals surface area contributed by atoms with Crippen molar-refractivity contribution >= 4 is 35.3 Å². The number of nitrogens with two attached hydrogens (primary N) is 1. The molecule has 11 heteroatoms. The summed E-state index contributed by atoms with van der Waals surface area (Å²) in [5.41, 5.74) is 5.90. The van der Waals surface area contributed by atoms with Gasteiger partial charge in [0.05, 0.1) is 12.6 Å². The number of benzene rings is 1. The number of hydrogen-bond acceptors (Lipinski definition) is 6. The van der Waals surface area contributed by atoms with Gasteiger partial charge in [-0.05, 0) is 49.0 Å². The van der Waals surface area contributed by atoms with E-state index in [0.717, 1.165) is 6.42 Å². The first kappa shape index (κ1) is 39.0. The van der Waals surface area contributed by atoms with Gasteiger partial charge in [-0.1, -0.05) is 97.4 Å². The molecule has 0 aliphatic heterocycles. The van der Waals surface area contributed by atoms with Gasteiger partial charge in [-0.25, -0.2) is 0 Å². The number of hydrogen-bond donors (Lipinski definition) is 5. The molecule has 1 aromatic carbocycles. The van der Waals surface area contributed by atoms with Crippen LogP contribution in [0.15, 0.2) is 42.5 Å². The minimum Gasteiger partial charge on any atom is -0.368 e. The molecule has 6 N–H and O–H groups in total. The van der Waals surface area contributed by atoms with E-state index in [2.05, 4.69) is 41.2 Å². The van der Waals surface area contributed by atoms with Crippen molar-refractivity contribution in [2.45, 2.75) is 98.7 Å². The zero-order valence-corrected chi connectivity index (χ0v) is 27.9. The second-order valence-corrected chi connectivity index (χ2v) is 12.6. The lowest BCUT2D eigenvalue weighted by molar-refractivity contribution is -0.141. The van der Waals surface area contributed by atoms with Gasteiger partial charge in [-0.3, -0.25) is 28.8 Å². The predicted molar refractivity (Wildman–Crippen MR) is 174 cm³/mol. The molecule has 0 fully saturated rings. The summed E-state index contributed by atoms with van der Waals surface area (Å²) >= 11 is 0. The largest absolute Gasteiger partial charge is 0.368 e. The number of carbonyl (C=O) groups is 6. The van der Waals surface area contributed by atoms with E-state index in [0.29, 0.717) is 30.7 Å². The summed E-state index contributed by atoms with van der Waals surface area (Å²) in [6, 6.07) is 5.20. The summed E-state index contributed by atoms with van der Waals surface area (Å²) in [6.45, 7) is 13.2. The number of nitrogens with one attached hydrogen (secondary N) is 4. The summed E-state index contributed by atoms with van der Waals surface area (Å²) in [6.07, 6.45) is 6.54. The Balaban J connectivity index is 2.91. The Morgan fingerprint density at radius 3 is 1.91 bits per heavy atom. The zero-order chi connectivity index (χ0) is 34.1. The normalized spacial score (nSPS) is 14.1. The third-order valence-electron chi connectivity index (χ3n) is 7.21. The van der Waals surface area contributed by atoms with Crippen molar-refractivity contribution in [2.24, 2.45) is 29.4 Å². The van der Waals surface area contributed by atoms with Crippen molar-refractivity contribution in [3.63, 3.8) is 0 Å². The van der Waals surface area contributed by atoms with Crippen LogP contribution in [0.3, 0.4) is 0 Å². The Morgan fingerprint density at radius 1 is 0.778 bits per heavy atom. The highest BCUT2D eigenvalue weighted by Crippen LogP contribution is 2.18. The molecular weight excluding hydrogens is 574 g/mol. The van der Waals surface area contributed by atoms with E-state index in [1.165, 1.54) is 0 Å². The lowest BCUT2D eigenvalue weighted by atomic mass is 9.90. The van der Waals surface area contributed by atoms with E-state index in [1.54, 1.807) is 37.3 Å². The molecule has 0 radical (unpaired) electrons. The molecule has 5 amide bonds. The van der Waals surface area contributed by atoms with Gasteiger partial charge in [0.1, 0.15) is 12.1 Å². The average molecular weight is 628 g/mol. The minimum absolute atomic E-state index is 0.0396. The molecule has 0 saturated carbocycles. The van der Waals surface area contributed by atoms with E-state index in [1.807, 2.05) is 33.8 Å². The molecule has 4 atom stereocenters. The summed E-state index contributed by atoms with van der Waals surface area (Å²) in [5, 5.41) is 10.3. The third kappa shape index (κ3) is 14.5. The molecule has 45 heavy (non-hydrogen) atoms. The van der Waals surface area contributed by atoms with Gasteiger partial charge >= 0.3 is 0 Å². The highest BCUT2D eigenvalue weighted by Gasteiger charge is 2.32. The van der Waals surface area contributed by atoms with Gasteiger partial charge in [-0.2, -0.15) is 0 Å². The van der Waals surface area contributed by atoms with E-state index in [9.17, 15) is 28.8 Å².